The molecule has 0 saturated heterocycles. The van der Waals surface area contributed by atoms with Crippen LogP contribution in [0.1, 0.15) is 12.8 Å². The second-order valence-electron chi connectivity index (χ2n) is 5.45. The molecule has 3 aromatic heterocycles. The van der Waals surface area contributed by atoms with Crippen LogP contribution in [0.25, 0.3) is 22.8 Å². The highest BCUT2D eigenvalue weighted by Gasteiger charge is 2.15. The lowest BCUT2D eigenvalue weighted by Crippen LogP contribution is -2.00. The van der Waals surface area contributed by atoms with Gasteiger partial charge in [0.25, 0.3) is 0 Å². The first kappa shape index (κ1) is 16.5. The van der Waals surface area contributed by atoms with Crippen LogP contribution >= 0.6 is 11.8 Å². The Hall–Kier alpha value is -3.00. The molecule has 0 aliphatic rings. The second-order valence-corrected chi connectivity index (χ2v) is 6.40. The fourth-order valence-electron chi connectivity index (χ4n) is 2.54. The van der Waals surface area contributed by atoms with E-state index >= 15 is 0 Å². The molecule has 0 aliphatic heterocycles. The molecule has 0 fully saturated rings. The predicted molar refractivity (Wildman–Crippen MR) is 98.2 cm³/mol. The number of hydrogen-bond donors (Lipinski definition) is 0. The Balaban J connectivity index is 1.50. The zero-order valence-corrected chi connectivity index (χ0v) is 14.9. The van der Waals surface area contributed by atoms with Gasteiger partial charge in [-0.3, -0.25) is 4.98 Å². The summed E-state index contributed by atoms with van der Waals surface area (Å²) >= 11 is 1.53. The fourth-order valence-corrected chi connectivity index (χ4v) is 3.38. The van der Waals surface area contributed by atoms with E-state index in [2.05, 4.69) is 36.8 Å². The smallest absolute Gasteiger partial charge is 0.237 e. The summed E-state index contributed by atoms with van der Waals surface area (Å²) in [4.78, 5) is 8.50. The van der Waals surface area contributed by atoms with E-state index in [-0.39, 0.29) is 0 Å². The number of nitrogens with zero attached hydrogens (tertiary/aromatic N) is 6. The van der Waals surface area contributed by atoms with Crippen LogP contribution in [0.5, 0.6) is 0 Å². The third-order valence-corrected chi connectivity index (χ3v) is 4.75. The minimum absolute atomic E-state index is 0.536. The van der Waals surface area contributed by atoms with E-state index in [1.165, 1.54) is 11.8 Å². The summed E-state index contributed by atoms with van der Waals surface area (Å²) in [7, 11) is 0. The Morgan fingerprint density at radius 3 is 2.58 bits per heavy atom. The summed E-state index contributed by atoms with van der Waals surface area (Å²) in [6.07, 6.45) is 3.50. The Kier molecular flexibility index (Phi) is 4.74. The van der Waals surface area contributed by atoms with Crippen LogP contribution < -0.4 is 0 Å². The molecule has 7 nitrogen and oxygen atoms in total. The van der Waals surface area contributed by atoms with Crippen LogP contribution in [0.4, 0.5) is 0 Å². The Labute approximate surface area is 154 Å². The molecule has 4 aromatic rings. The monoisotopic (exact) mass is 364 g/mol. The van der Waals surface area contributed by atoms with Crippen molar-refractivity contribution < 1.29 is 4.52 Å². The van der Waals surface area contributed by atoms with Crippen molar-refractivity contribution in [2.24, 2.45) is 0 Å². The number of thioether (sulfide) groups is 1. The first-order chi connectivity index (χ1) is 12.8. The minimum Gasteiger partial charge on any atom is -0.338 e. The van der Waals surface area contributed by atoms with Gasteiger partial charge < -0.3 is 9.09 Å². The zero-order valence-electron chi connectivity index (χ0n) is 14.1. The summed E-state index contributed by atoms with van der Waals surface area (Å²) in [5.41, 5.74) is 1.93. The molecule has 0 bridgehead atoms. The minimum atomic E-state index is 0.536. The summed E-state index contributed by atoms with van der Waals surface area (Å²) in [6.45, 7) is 2.84. The molecule has 0 saturated carbocycles. The van der Waals surface area contributed by atoms with E-state index in [0.717, 1.165) is 28.7 Å². The van der Waals surface area contributed by atoms with Gasteiger partial charge in [0.05, 0.1) is 5.75 Å². The van der Waals surface area contributed by atoms with Crippen molar-refractivity contribution in [1.82, 2.24) is 29.9 Å². The maximum absolute atomic E-state index is 5.36. The van der Waals surface area contributed by atoms with Gasteiger partial charge in [0.1, 0.15) is 0 Å². The standard InChI is InChI=1S/C18H16N6OS/c1-2-24-17(14-8-10-19-11-9-14)21-22-18(24)26-12-15-20-16(23-25-15)13-6-4-3-5-7-13/h3-11H,2,12H2,1H3. The summed E-state index contributed by atoms with van der Waals surface area (Å²) < 4.78 is 7.42. The highest BCUT2D eigenvalue weighted by atomic mass is 32.2. The molecule has 26 heavy (non-hydrogen) atoms. The third kappa shape index (κ3) is 3.36. The van der Waals surface area contributed by atoms with Crippen molar-refractivity contribution in [2.45, 2.75) is 24.4 Å². The molecule has 0 N–H and O–H groups in total. The van der Waals surface area contributed by atoms with E-state index in [4.69, 9.17) is 4.52 Å². The van der Waals surface area contributed by atoms with Gasteiger partial charge in [0.2, 0.25) is 11.7 Å². The van der Waals surface area contributed by atoms with Crippen molar-refractivity contribution >= 4 is 11.8 Å². The molecule has 0 radical (unpaired) electrons. The van der Waals surface area contributed by atoms with Gasteiger partial charge in [-0.25, -0.2) is 0 Å². The van der Waals surface area contributed by atoms with Crippen LogP contribution in [0.2, 0.25) is 0 Å². The van der Waals surface area contributed by atoms with Crippen LogP contribution in [0, 0.1) is 0 Å². The molecule has 1 aromatic carbocycles. The highest BCUT2D eigenvalue weighted by molar-refractivity contribution is 7.98. The van der Waals surface area contributed by atoms with E-state index in [0.29, 0.717) is 17.5 Å². The molecular weight excluding hydrogens is 348 g/mol. The molecule has 0 atom stereocenters. The summed E-state index contributed by atoms with van der Waals surface area (Å²) in [5, 5.41) is 13.5. The molecule has 130 valence electrons. The van der Waals surface area contributed by atoms with Gasteiger partial charge in [0.15, 0.2) is 11.0 Å². The van der Waals surface area contributed by atoms with E-state index in [9.17, 15) is 0 Å². The molecule has 0 spiro atoms. The van der Waals surface area contributed by atoms with Crippen LogP contribution in [-0.2, 0) is 12.3 Å². The van der Waals surface area contributed by atoms with Gasteiger partial charge in [-0.05, 0) is 19.1 Å². The van der Waals surface area contributed by atoms with Gasteiger partial charge in [0, 0.05) is 30.1 Å². The molecule has 8 heteroatoms. The Morgan fingerprint density at radius 2 is 1.81 bits per heavy atom. The number of pyridine rings is 1. The molecule has 4 rings (SSSR count). The molecular formula is C18H16N6OS. The fraction of sp³-hybridized carbons (Fsp3) is 0.167. The SMILES string of the molecule is CCn1c(SCc2nc(-c3ccccc3)no2)nnc1-c1ccncc1. The largest absolute Gasteiger partial charge is 0.338 e. The van der Waals surface area contributed by atoms with Crippen molar-refractivity contribution in [3.8, 4) is 22.8 Å². The van der Waals surface area contributed by atoms with Crippen molar-refractivity contribution in [2.75, 3.05) is 0 Å². The first-order valence-corrected chi connectivity index (χ1v) is 9.18. The average Bonchev–Trinajstić information content (AvgIpc) is 3.34. The van der Waals surface area contributed by atoms with E-state index < -0.39 is 0 Å². The van der Waals surface area contributed by atoms with Crippen molar-refractivity contribution in [3.05, 3.63) is 60.7 Å². The molecule has 3 heterocycles. The lowest BCUT2D eigenvalue weighted by molar-refractivity contribution is 0.391. The first-order valence-electron chi connectivity index (χ1n) is 8.19. The molecule has 0 amide bonds. The zero-order chi connectivity index (χ0) is 17.8. The molecule has 0 aliphatic carbocycles. The van der Waals surface area contributed by atoms with Crippen LogP contribution in [0.15, 0.2) is 64.5 Å². The third-order valence-electron chi connectivity index (χ3n) is 3.80. The average molecular weight is 364 g/mol. The predicted octanol–water partition coefficient (Wildman–Crippen LogP) is 3.70. The number of benzene rings is 1. The number of hydrogen-bond acceptors (Lipinski definition) is 7. The van der Waals surface area contributed by atoms with E-state index in [1.807, 2.05) is 42.5 Å². The summed E-state index contributed by atoms with van der Waals surface area (Å²) in [5.74, 6) is 2.52. The molecule has 0 unspecified atom stereocenters. The maximum Gasteiger partial charge on any atom is 0.237 e. The van der Waals surface area contributed by atoms with Gasteiger partial charge in [-0.15, -0.1) is 10.2 Å². The van der Waals surface area contributed by atoms with Gasteiger partial charge in [-0.2, -0.15) is 4.98 Å². The van der Waals surface area contributed by atoms with Crippen molar-refractivity contribution in [1.29, 1.82) is 0 Å². The lowest BCUT2D eigenvalue weighted by Gasteiger charge is -2.06. The highest BCUT2D eigenvalue weighted by Crippen LogP contribution is 2.26. The number of aromatic nitrogens is 6. The van der Waals surface area contributed by atoms with Crippen molar-refractivity contribution in [3.63, 3.8) is 0 Å². The van der Waals surface area contributed by atoms with Gasteiger partial charge >= 0.3 is 0 Å². The second kappa shape index (κ2) is 7.49. The lowest BCUT2D eigenvalue weighted by atomic mass is 10.2. The van der Waals surface area contributed by atoms with Crippen LogP contribution in [0.3, 0.4) is 0 Å². The van der Waals surface area contributed by atoms with E-state index in [1.54, 1.807) is 12.4 Å². The quantitative estimate of drug-likeness (QED) is 0.482. The Morgan fingerprint density at radius 1 is 1.00 bits per heavy atom. The normalized spacial score (nSPS) is 11.0. The maximum atomic E-state index is 5.36. The Bertz CT molecular complexity index is 983. The topological polar surface area (TPSA) is 82.5 Å². The number of rotatable bonds is 6. The van der Waals surface area contributed by atoms with Crippen LogP contribution in [-0.4, -0.2) is 29.9 Å². The van der Waals surface area contributed by atoms with Gasteiger partial charge in [-0.1, -0.05) is 47.3 Å². The summed E-state index contributed by atoms with van der Waals surface area (Å²) in [6, 6.07) is 13.6.